The van der Waals surface area contributed by atoms with E-state index in [4.69, 9.17) is 4.74 Å². The van der Waals surface area contributed by atoms with E-state index in [9.17, 15) is 4.79 Å². The van der Waals surface area contributed by atoms with Gasteiger partial charge in [-0.1, -0.05) is 30.3 Å². The van der Waals surface area contributed by atoms with Gasteiger partial charge in [-0.05, 0) is 50.3 Å². The van der Waals surface area contributed by atoms with Gasteiger partial charge < -0.3 is 9.64 Å². The Balaban J connectivity index is 1.58. The molecule has 1 aliphatic carbocycles. The molecule has 5 heteroatoms. The van der Waals surface area contributed by atoms with E-state index in [2.05, 4.69) is 47.2 Å². The van der Waals surface area contributed by atoms with E-state index in [1.165, 1.54) is 12.8 Å². The largest absolute Gasteiger partial charge is 0.488 e. The number of hydrogen-bond acceptors (Lipinski definition) is 3. The van der Waals surface area contributed by atoms with Crippen molar-refractivity contribution in [3.63, 3.8) is 0 Å². The smallest absolute Gasteiger partial charge is 0.224 e. The van der Waals surface area contributed by atoms with Crippen molar-refractivity contribution < 1.29 is 9.53 Å². The van der Waals surface area contributed by atoms with Crippen LogP contribution in [0.3, 0.4) is 0 Å². The summed E-state index contributed by atoms with van der Waals surface area (Å²) >= 11 is 0. The zero-order valence-corrected chi connectivity index (χ0v) is 17.5. The number of carbonyl (C=O) groups is 1. The van der Waals surface area contributed by atoms with Crippen LogP contribution in [0.4, 0.5) is 5.69 Å². The minimum Gasteiger partial charge on any atom is -0.488 e. The molecule has 1 aliphatic heterocycles. The molecule has 30 heavy (non-hydrogen) atoms. The third-order valence-corrected chi connectivity index (χ3v) is 6.15. The minimum absolute atomic E-state index is 0.0757. The molecule has 1 aromatic heterocycles. The van der Waals surface area contributed by atoms with Crippen LogP contribution in [-0.2, 0) is 17.8 Å². The predicted molar refractivity (Wildman–Crippen MR) is 118 cm³/mol. The maximum Gasteiger partial charge on any atom is 0.224 e. The molecular formula is C25H27N3O2. The number of ether oxygens (including phenoxy) is 1. The molecule has 0 bridgehead atoms. The number of anilines is 1. The molecule has 154 valence electrons. The highest BCUT2D eigenvalue weighted by Gasteiger charge is 2.30. The van der Waals surface area contributed by atoms with Crippen LogP contribution in [-0.4, -0.2) is 21.7 Å². The molecule has 2 heterocycles. The molecule has 0 saturated heterocycles. The van der Waals surface area contributed by atoms with Gasteiger partial charge in [0.1, 0.15) is 12.4 Å². The lowest BCUT2D eigenvalue weighted by Crippen LogP contribution is -2.40. The van der Waals surface area contributed by atoms with Crippen molar-refractivity contribution >= 4 is 11.6 Å². The lowest BCUT2D eigenvalue weighted by Gasteiger charge is -2.36. The maximum atomic E-state index is 12.4. The van der Waals surface area contributed by atoms with Gasteiger partial charge in [0.15, 0.2) is 0 Å². The van der Waals surface area contributed by atoms with Crippen LogP contribution in [0.15, 0.2) is 54.9 Å². The highest BCUT2D eigenvalue weighted by molar-refractivity contribution is 5.95. The molecule has 3 aromatic rings. The zero-order valence-electron chi connectivity index (χ0n) is 17.5. The number of amides is 1. The molecule has 1 unspecified atom stereocenters. The van der Waals surface area contributed by atoms with Gasteiger partial charge in [-0.25, -0.2) is 0 Å². The lowest BCUT2D eigenvalue weighted by molar-refractivity contribution is -0.117. The van der Waals surface area contributed by atoms with E-state index >= 15 is 0 Å². The van der Waals surface area contributed by atoms with Crippen molar-refractivity contribution in [1.29, 1.82) is 0 Å². The van der Waals surface area contributed by atoms with Crippen molar-refractivity contribution in [2.24, 2.45) is 0 Å². The first-order valence-electron chi connectivity index (χ1n) is 10.8. The van der Waals surface area contributed by atoms with E-state index in [0.29, 0.717) is 12.6 Å². The highest BCUT2D eigenvalue weighted by atomic mass is 16.5. The second kappa shape index (κ2) is 7.63. The first-order valence-corrected chi connectivity index (χ1v) is 10.8. The van der Waals surface area contributed by atoms with Crippen LogP contribution >= 0.6 is 0 Å². The molecule has 2 aliphatic rings. The quantitative estimate of drug-likeness (QED) is 0.594. The number of benzene rings is 2. The molecule has 0 radical (unpaired) electrons. The Morgan fingerprint density at radius 2 is 1.93 bits per heavy atom. The first kappa shape index (κ1) is 18.9. The number of rotatable bonds is 5. The molecule has 1 atom stereocenters. The minimum atomic E-state index is 0.0757. The Morgan fingerprint density at radius 1 is 1.13 bits per heavy atom. The SMILES string of the molecule is CC(=O)N1c2ccc(-c3cnn(C4CC4)c3)c(OCc3ccccc3)c2CCC1C. The number of carbonyl (C=O) groups excluding carboxylic acids is 1. The Hall–Kier alpha value is -3.08. The second-order valence-corrected chi connectivity index (χ2v) is 8.43. The van der Waals surface area contributed by atoms with Gasteiger partial charge in [-0.15, -0.1) is 0 Å². The van der Waals surface area contributed by atoms with Crippen LogP contribution < -0.4 is 9.64 Å². The van der Waals surface area contributed by atoms with E-state index in [0.717, 1.165) is 46.5 Å². The van der Waals surface area contributed by atoms with E-state index in [-0.39, 0.29) is 11.9 Å². The highest BCUT2D eigenvalue weighted by Crippen LogP contribution is 2.44. The van der Waals surface area contributed by atoms with Crippen LogP contribution in [0.5, 0.6) is 5.75 Å². The summed E-state index contributed by atoms with van der Waals surface area (Å²) in [5.74, 6) is 0.955. The number of hydrogen-bond donors (Lipinski definition) is 0. The molecule has 5 rings (SSSR count). The molecule has 1 fully saturated rings. The number of aromatic nitrogens is 2. The van der Waals surface area contributed by atoms with E-state index < -0.39 is 0 Å². The number of nitrogens with zero attached hydrogens (tertiary/aromatic N) is 3. The topological polar surface area (TPSA) is 47.4 Å². The predicted octanol–water partition coefficient (Wildman–Crippen LogP) is 5.15. The Labute approximate surface area is 177 Å². The van der Waals surface area contributed by atoms with E-state index in [1.54, 1.807) is 6.92 Å². The summed E-state index contributed by atoms with van der Waals surface area (Å²) in [6, 6.07) is 15.1. The molecule has 5 nitrogen and oxygen atoms in total. The summed E-state index contributed by atoms with van der Waals surface area (Å²) in [6.45, 7) is 4.25. The summed E-state index contributed by atoms with van der Waals surface area (Å²) in [4.78, 5) is 14.3. The van der Waals surface area contributed by atoms with Crippen molar-refractivity contribution in [3.05, 3.63) is 66.0 Å². The monoisotopic (exact) mass is 401 g/mol. The van der Waals surface area contributed by atoms with Crippen LogP contribution in [0.25, 0.3) is 11.1 Å². The fourth-order valence-corrected chi connectivity index (χ4v) is 4.42. The first-order chi connectivity index (χ1) is 14.6. The Kier molecular flexibility index (Phi) is 4.81. The Bertz CT molecular complexity index is 1070. The zero-order chi connectivity index (χ0) is 20.7. The third-order valence-electron chi connectivity index (χ3n) is 6.15. The van der Waals surface area contributed by atoms with Gasteiger partial charge in [0, 0.05) is 35.9 Å². The van der Waals surface area contributed by atoms with Gasteiger partial charge in [-0.3, -0.25) is 9.48 Å². The van der Waals surface area contributed by atoms with Crippen molar-refractivity contribution in [2.45, 2.75) is 58.2 Å². The standard InChI is InChI=1S/C25H27N3O2/c1-17-8-11-23-24(28(17)18(2)29)13-12-22(20-14-26-27(15-20)21-9-10-21)25(23)30-16-19-6-4-3-5-7-19/h3-7,12-15,17,21H,8-11,16H2,1-2H3. The molecular weight excluding hydrogens is 374 g/mol. The third kappa shape index (κ3) is 3.49. The Morgan fingerprint density at radius 3 is 2.67 bits per heavy atom. The second-order valence-electron chi connectivity index (χ2n) is 8.43. The molecule has 1 amide bonds. The van der Waals surface area contributed by atoms with Crippen molar-refractivity contribution in [3.8, 4) is 16.9 Å². The fraction of sp³-hybridized carbons (Fsp3) is 0.360. The molecule has 0 spiro atoms. The van der Waals surface area contributed by atoms with Crippen LogP contribution in [0.2, 0.25) is 0 Å². The van der Waals surface area contributed by atoms with Crippen LogP contribution in [0, 0.1) is 0 Å². The van der Waals surface area contributed by atoms with Gasteiger partial charge in [0.25, 0.3) is 0 Å². The van der Waals surface area contributed by atoms with Gasteiger partial charge >= 0.3 is 0 Å². The average molecular weight is 402 g/mol. The molecule has 2 aromatic carbocycles. The van der Waals surface area contributed by atoms with E-state index in [1.807, 2.05) is 29.3 Å². The molecule has 0 N–H and O–H groups in total. The van der Waals surface area contributed by atoms with Crippen molar-refractivity contribution in [1.82, 2.24) is 9.78 Å². The number of fused-ring (bicyclic) bond motifs is 1. The fourth-order valence-electron chi connectivity index (χ4n) is 4.42. The summed E-state index contributed by atoms with van der Waals surface area (Å²) in [5, 5.41) is 4.58. The summed E-state index contributed by atoms with van der Waals surface area (Å²) in [6.07, 6.45) is 8.29. The summed E-state index contributed by atoms with van der Waals surface area (Å²) < 4.78 is 8.52. The lowest BCUT2D eigenvalue weighted by atomic mass is 9.92. The summed E-state index contributed by atoms with van der Waals surface area (Å²) in [7, 11) is 0. The maximum absolute atomic E-state index is 12.4. The van der Waals surface area contributed by atoms with Gasteiger partial charge in [0.05, 0.1) is 17.9 Å². The van der Waals surface area contributed by atoms with Gasteiger partial charge in [0.2, 0.25) is 5.91 Å². The van der Waals surface area contributed by atoms with Gasteiger partial charge in [-0.2, -0.15) is 5.10 Å². The normalized spacial score (nSPS) is 18.2. The van der Waals surface area contributed by atoms with Crippen LogP contribution in [0.1, 0.15) is 50.3 Å². The van der Waals surface area contributed by atoms with Crippen molar-refractivity contribution in [2.75, 3.05) is 4.90 Å². The molecule has 1 saturated carbocycles. The average Bonchev–Trinajstić information content (AvgIpc) is 3.49. The summed E-state index contributed by atoms with van der Waals surface area (Å²) in [5.41, 5.74) is 5.34.